The van der Waals surface area contributed by atoms with Gasteiger partial charge in [0.05, 0.1) is 18.8 Å². The Hall–Kier alpha value is -0.120. The number of aliphatic hydroxyl groups is 1. The zero-order chi connectivity index (χ0) is 14.3. The molecule has 1 rings (SSSR count). The molecule has 19 heavy (non-hydrogen) atoms. The minimum absolute atomic E-state index is 0.138. The normalized spacial score (nSPS) is 26.4. The smallest absolute Gasteiger partial charge is 0.0898 e. The zero-order valence-electron chi connectivity index (χ0n) is 13.2. The fourth-order valence-corrected chi connectivity index (χ4v) is 2.69. The molecule has 0 amide bonds. The van der Waals surface area contributed by atoms with E-state index in [1.165, 1.54) is 19.3 Å². The van der Waals surface area contributed by atoms with Crippen molar-refractivity contribution >= 4 is 0 Å². The maximum absolute atomic E-state index is 10.0. The predicted octanol–water partition coefficient (Wildman–Crippen LogP) is 3.11. The van der Waals surface area contributed by atoms with E-state index in [1.807, 2.05) is 0 Å². The zero-order valence-corrected chi connectivity index (χ0v) is 13.2. The summed E-state index contributed by atoms with van der Waals surface area (Å²) in [5.74, 6) is 0.644. The third-order valence-corrected chi connectivity index (χ3v) is 4.86. The first-order chi connectivity index (χ1) is 9.00. The molecule has 0 aromatic rings. The Morgan fingerprint density at radius 2 is 1.89 bits per heavy atom. The highest BCUT2D eigenvalue weighted by Crippen LogP contribution is 2.26. The molecule has 1 fully saturated rings. The van der Waals surface area contributed by atoms with Gasteiger partial charge in [-0.2, -0.15) is 0 Å². The Kier molecular flexibility index (Phi) is 7.33. The van der Waals surface area contributed by atoms with Crippen molar-refractivity contribution in [3.05, 3.63) is 0 Å². The molecule has 3 nitrogen and oxygen atoms in total. The second kappa shape index (κ2) is 8.23. The van der Waals surface area contributed by atoms with Gasteiger partial charge in [0.2, 0.25) is 0 Å². The fraction of sp³-hybridized carbons (Fsp3) is 1.00. The monoisotopic (exact) mass is 271 g/mol. The number of aliphatic hydroxyl groups excluding tert-OH is 1. The molecule has 1 saturated carbocycles. The van der Waals surface area contributed by atoms with Crippen LogP contribution >= 0.6 is 0 Å². The molecule has 0 aliphatic heterocycles. The van der Waals surface area contributed by atoms with Crippen LogP contribution in [0.25, 0.3) is 0 Å². The highest BCUT2D eigenvalue weighted by Gasteiger charge is 2.24. The molecule has 0 bridgehead atoms. The van der Waals surface area contributed by atoms with Crippen LogP contribution in [0, 0.1) is 5.92 Å². The molecule has 3 unspecified atom stereocenters. The molecule has 114 valence electrons. The highest BCUT2D eigenvalue weighted by atomic mass is 16.5. The Morgan fingerprint density at radius 1 is 1.26 bits per heavy atom. The standard InChI is InChI=1S/C16H33NO2/c1-5-16(4,6-2)17-11-14(18)12-19-15-10-8-7-9-13(15)3/h13-15,17-18H,5-12H2,1-4H3. The first kappa shape index (κ1) is 16.9. The van der Waals surface area contributed by atoms with Gasteiger partial charge in [-0.15, -0.1) is 0 Å². The average molecular weight is 271 g/mol. The number of rotatable bonds is 8. The Labute approximate surface area is 119 Å². The maximum Gasteiger partial charge on any atom is 0.0898 e. The number of hydrogen-bond donors (Lipinski definition) is 2. The average Bonchev–Trinajstić information content (AvgIpc) is 2.44. The van der Waals surface area contributed by atoms with Crippen molar-refractivity contribution in [3.63, 3.8) is 0 Å². The quantitative estimate of drug-likeness (QED) is 0.713. The summed E-state index contributed by atoms with van der Waals surface area (Å²) in [6.07, 6.45) is 7.14. The lowest BCUT2D eigenvalue weighted by atomic mass is 9.88. The van der Waals surface area contributed by atoms with Crippen molar-refractivity contribution in [1.82, 2.24) is 5.32 Å². The minimum Gasteiger partial charge on any atom is -0.389 e. The van der Waals surface area contributed by atoms with Crippen molar-refractivity contribution in [1.29, 1.82) is 0 Å². The SMILES string of the molecule is CCC(C)(CC)NCC(O)COC1CCCCC1C. The van der Waals surface area contributed by atoms with Crippen LogP contribution in [0.5, 0.6) is 0 Å². The van der Waals surface area contributed by atoms with Gasteiger partial charge in [-0.3, -0.25) is 0 Å². The molecule has 0 saturated heterocycles. The Balaban J connectivity index is 2.22. The second-order valence-corrected chi connectivity index (χ2v) is 6.44. The van der Waals surface area contributed by atoms with Crippen LogP contribution in [0.1, 0.15) is 66.2 Å². The van der Waals surface area contributed by atoms with E-state index >= 15 is 0 Å². The van der Waals surface area contributed by atoms with E-state index in [1.54, 1.807) is 0 Å². The van der Waals surface area contributed by atoms with Crippen molar-refractivity contribution in [2.45, 2.75) is 84.0 Å². The third-order valence-electron chi connectivity index (χ3n) is 4.86. The molecule has 1 aliphatic carbocycles. The molecule has 0 spiro atoms. The summed E-state index contributed by atoms with van der Waals surface area (Å²) < 4.78 is 5.90. The van der Waals surface area contributed by atoms with Crippen molar-refractivity contribution < 1.29 is 9.84 Å². The van der Waals surface area contributed by atoms with Crippen molar-refractivity contribution in [2.24, 2.45) is 5.92 Å². The highest BCUT2D eigenvalue weighted by molar-refractivity contribution is 4.81. The summed E-state index contributed by atoms with van der Waals surface area (Å²) in [5, 5.41) is 13.5. The number of ether oxygens (including phenoxy) is 1. The summed E-state index contributed by atoms with van der Waals surface area (Å²) in [6, 6.07) is 0. The number of nitrogens with one attached hydrogen (secondary N) is 1. The van der Waals surface area contributed by atoms with Crippen LogP contribution in [-0.2, 0) is 4.74 Å². The molecular formula is C16H33NO2. The largest absolute Gasteiger partial charge is 0.389 e. The van der Waals surface area contributed by atoms with Crippen LogP contribution in [0.2, 0.25) is 0 Å². The molecule has 0 aromatic heterocycles. The topological polar surface area (TPSA) is 41.5 Å². The minimum atomic E-state index is -0.397. The lowest BCUT2D eigenvalue weighted by Crippen LogP contribution is -2.46. The first-order valence-electron chi connectivity index (χ1n) is 8.05. The molecule has 3 heteroatoms. The van der Waals surface area contributed by atoms with Gasteiger partial charge in [0.1, 0.15) is 0 Å². The molecule has 2 N–H and O–H groups in total. The van der Waals surface area contributed by atoms with Gasteiger partial charge in [-0.05, 0) is 38.5 Å². The van der Waals surface area contributed by atoms with Gasteiger partial charge in [-0.25, -0.2) is 0 Å². The van der Waals surface area contributed by atoms with Crippen LogP contribution in [-0.4, -0.2) is 36.0 Å². The van der Waals surface area contributed by atoms with Crippen molar-refractivity contribution in [2.75, 3.05) is 13.2 Å². The Bertz CT molecular complexity index is 241. The first-order valence-corrected chi connectivity index (χ1v) is 8.05. The summed E-state index contributed by atoms with van der Waals surface area (Å²) >= 11 is 0. The third kappa shape index (κ3) is 5.80. The van der Waals surface area contributed by atoms with Crippen LogP contribution < -0.4 is 5.32 Å². The van der Waals surface area contributed by atoms with Gasteiger partial charge < -0.3 is 15.2 Å². The second-order valence-electron chi connectivity index (χ2n) is 6.44. The van der Waals surface area contributed by atoms with E-state index in [-0.39, 0.29) is 5.54 Å². The summed E-state index contributed by atoms with van der Waals surface area (Å²) in [7, 11) is 0. The summed E-state index contributed by atoms with van der Waals surface area (Å²) in [5.41, 5.74) is 0.138. The van der Waals surface area contributed by atoms with E-state index < -0.39 is 6.10 Å². The summed E-state index contributed by atoms with van der Waals surface area (Å²) in [4.78, 5) is 0. The van der Waals surface area contributed by atoms with Gasteiger partial charge in [0, 0.05) is 12.1 Å². The van der Waals surface area contributed by atoms with Crippen LogP contribution in [0.4, 0.5) is 0 Å². The van der Waals surface area contributed by atoms with E-state index in [0.717, 1.165) is 19.3 Å². The molecular weight excluding hydrogens is 238 g/mol. The molecule has 0 heterocycles. The van der Waals surface area contributed by atoms with E-state index in [0.29, 0.717) is 25.2 Å². The van der Waals surface area contributed by atoms with Crippen molar-refractivity contribution in [3.8, 4) is 0 Å². The van der Waals surface area contributed by atoms with E-state index in [4.69, 9.17) is 4.74 Å². The van der Waals surface area contributed by atoms with E-state index in [2.05, 4.69) is 33.0 Å². The lowest BCUT2D eigenvalue weighted by molar-refractivity contribution is -0.0465. The molecule has 1 aliphatic rings. The maximum atomic E-state index is 10.0. The summed E-state index contributed by atoms with van der Waals surface area (Å²) in [6.45, 7) is 9.93. The van der Waals surface area contributed by atoms with Gasteiger partial charge in [0.15, 0.2) is 0 Å². The van der Waals surface area contributed by atoms with Crippen LogP contribution in [0.15, 0.2) is 0 Å². The van der Waals surface area contributed by atoms with Gasteiger partial charge in [-0.1, -0.05) is 33.6 Å². The lowest BCUT2D eigenvalue weighted by Gasteiger charge is -2.31. The molecule has 3 atom stereocenters. The predicted molar refractivity (Wildman–Crippen MR) is 80.4 cm³/mol. The van der Waals surface area contributed by atoms with E-state index in [9.17, 15) is 5.11 Å². The fourth-order valence-electron chi connectivity index (χ4n) is 2.69. The number of β-amino-alcohol motifs (C(OH)–C–C–N with tert-alkyl or cyclic N) is 1. The van der Waals surface area contributed by atoms with Crippen LogP contribution in [0.3, 0.4) is 0 Å². The Morgan fingerprint density at radius 3 is 2.47 bits per heavy atom. The van der Waals surface area contributed by atoms with Gasteiger partial charge >= 0.3 is 0 Å². The van der Waals surface area contributed by atoms with Gasteiger partial charge in [0.25, 0.3) is 0 Å². The molecule has 0 aromatic carbocycles. The number of hydrogen-bond acceptors (Lipinski definition) is 3. The molecule has 0 radical (unpaired) electrons.